The summed E-state index contributed by atoms with van der Waals surface area (Å²) < 4.78 is 5.56. The van der Waals surface area contributed by atoms with Crippen molar-refractivity contribution in [3.05, 3.63) is 60.2 Å². The van der Waals surface area contributed by atoms with Gasteiger partial charge in [-0.1, -0.05) is 18.2 Å². The monoisotopic (exact) mass is 273 g/mol. The third-order valence-electron chi connectivity index (χ3n) is 2.12. The zero-order valence-electron chi connectivity index (χ0n) is 10.9. The zero-order valence-corrected chi connectivity index (χ0v) is 10.9. The molecule has 2 aromatic rings. The number of hydrogen-bond acceptors (Lipinski definition) is 3. The van der Waals surface area contributed by atoms with Crippen LogP contribution in [0, 0.1) is 0 Å². The molecule has 0 saturated heterocycles. The Bertz CT molecular complexity index is 560. The zero-order chi connectivity index (χ0) is 15.0. The highest BCUT2D eigenvalue weighted by Crippen LogP contribution is 2.20. The number of benzene rings is 2. The van der Waals surface area contributed by atoms with Gasteiger partial charge in [-0.15, -0.1) is 0 Å². The predicted molar refractivity (Wildman–Crippen MR) is 74.8 cm³/mol. The van der Waals surface area contributed by atoms with Crippen molar-refractivity contribution in [1.82, 2.24) is 0 Å². The Hall–Kier alpha value is -2.82. The highest BCUT2D eigenvalue weighted by atomic mass is 16.5. The summed E-state index contributed by atoms with van der Waals surface area (Å²) in [6, 6.07) is 16.1. The summed E-state index contributed by atoms with van der Waals surface area (Å²) >= 11 is 0. The number of carbonyl (C=O) groups is 2. The lowest BCUT2D eigenvalue weighted by Gasteiger charge is -2.05. The van der Waals surface area contributed by atoms with Gasteiger partial charge in [0.15, 0.2) is 0 Å². The second kappa shape index (κ2) is 7.58. The Morgan fingerprint density at radius 1 is 0.950 bits per heavy atom. The highest BCUT2D eigenvalue weighted by Gasteiger charge is 2.00. The lowest BCUT2D eigenvalue weighted by atomic mass is 10.2. The minimum atomic E-state index is -0.833. The number of hydrogen-bond donors (Lipinski definition) is 2. The van der Waals surface area contributed by atoms with Gasteiger partial charge in [0, 0.05) is 12.5 Å². The summed E-state index contributed by atoms with van der Waals surface area (Å²) in [5, 5.41) is 7.42. The van der Waals surface area contributed by atoms with Crippen LogP contribution in [0.2, 0.25) is 0 Å². The molecule has 1 amide bonds. The molecule has 0 unspecified atom stereocenters. The van der Waals surface area contributed by atoms with Crippen LogP contribution >= 0.6 is 0 Å². The first-order chi connectivity index (χ1) is 9.49. The molecule has 5 nitrogen and oxygen atoms in total. The number of rotatable bonds is 3. The van der Waals surface area contributed by atoms with Crippen molar-refractivity contribution in [2.45, 2.75) is 6.92 Å². The standard InChI is InChI=1S/C13H11NO2.C2H4O2/c14-13(15)10-6-8-12(9-7-10)16-11-4-2-1-3-5-11;1-2(3)4/h1-9H,(H2,14,15);1H3,(H,3,4). The summed E-state index contributed by atoms with van der Waals surface area (Å²) in [5.41, 5.74) is 5.61. The fourth-order valence-corrected chi connectivity index (χ4v) is 1.31. The van der Waals surface area contributed by atoms with Gasteiger partial charge >= 0.3 is 0 Å². The number of para-hydroxylation sites is 1. The smallest absolute Gasteiger partial charge is 0.300 e. The largest absolute Gasteiger partial charge is 0.481 e. The summed E-state index contributed by atoms with van der Waals surface area (Å²) in [5.74, 6) is 0.164. The van der Waals surface area contributed by atoms with Gasteiger partial charge in [-0.2, -0.15) is 0 Å². The van der Waals surface area contributed by atoms with Crippen LogP contribution in [-0.4, -0.2) is 17.0 Å². The van der Waals surface area contributed by atoms with Crippen LogP contribution < -0.4 is 10.5 Å². The molecule has 5 heteroatoms. The molecule has 0 saturated carbocycles. The first-order valence-electron chi connectivity index (χ1n) is 5.81. The Labute approximate surface area is 116 Å². The summed E-state index contributed by atoms with van der Waals surface area (Å²) in [6.45, 7) is 1.08. The van der Waals surface area contributed by atoms with E-state index in [1.165, 1.54) is 0 Å². The van der Waals surface area contributed by atoms with E-state index in [-0.39, 0.29) is 0 Å². The van der Waals surface area contributed by atoms with Crippen molar-refractivity contribution in [2.75, 3.05) is 0 Å². The van der Waals surface area contributed by atoms with Gasteiger partial charge in [0.2, 0.25) is 5.91 Å². The minimum absolute atomic E-state index is 0.439. The quantitative estimate of drug-likeness (QED) is 0.899. The van der Waals surface area contributed by atoms with Crippen molar-refractivity contribution in [3.63, 3.8) is 0 Å². The van der Waals surface area contributed by atoms with Gasteiger partial charge < -0.3 is 15.6 Å². The Balaban J connectivity index is 0.000000444. The topological polar surface area (TPSA) is 89.6 Å². The summed E-state index contributed by atoms with van der Waals surface area (Å²) in [7, 11) is 0. The van der Waals surface area contributed by atoms with Crippen LogP contribution in [0.3, 0.4) is 0 Å². The molecule has 0 aliphatic rings. The van der Waals surface area contributed by atoms with E-state index in [9.17, 15) is 4.79 Å². The minimum Gasteiger partial charge on any atom is -0.481 e. The van der Waals surface area contributed by atoms with E-state index in [0.29, 0.717) is 11.3 Å². The number of nitrogens with two attached hydrogens (primary N) is 1. The molecule has 0 fully saturated rings. The lowest BCUT2D eigenvalue weighted by molar-refractivity contribution is -0.134. The summed E-state index contributed by atoms with van der Waals surface area (Å²) in [6.07, 6.45) is 0. The van der Waals surface area contributed by atoms with Crippen LogP contribution in [0.25, 0.3) is 0 Å². The third-order valence-corrected chi connectivity index (χ3v) is 2.12. The van der Waals surface area contributed by atoms with E-state index in [1.807, 2.05) is 30.3 Å². The molecule has 20 heavy (non-hydrogen) atoms. The number of carboxylic acids is 1. The number of amides is 1. The molecular weight excluding hydrogens is 258 g/mol. The fourth-order valence-electron chi connectivity index (χ4n) is 1.31. The molecule has 0 spiro atoms. The normalized spacial score (nSPS) is 9.05. The maximum Gasteiger partial charge on any atom is 0.300 e. The second-order valence-corrected chi connectivity index (χ2v) is 3.82. The molecule has 0 atom stereocenters. The fraction of sp³-hybridized carbons (Fsp3) is 0.0667. The highest BCUT2D eigenvalue weighted by molar-refractivity contribution is 5.92. The van der Waals surface area contributed by atoms with Crippen LogP contribution in [0.15, 0.2) is 54.6 Å². The van der Waals surface area contributed by atoms with E-state index < -0.39 is 11.9 Å². The van der Waals surface area contributed by atoms with Crippen molar-refractivity contribution < 1.29 is 19.4 Å². The number of carboxylic acid groups (broad SMARTS) is 1. The number of ether oxygens (including phenoxy) is 1. The van der Waals surface area contributed by atoms with Crippen LogP contribution in [0.4, 0.5) is 0 Å². The molecular formula is C15H15NO4. The van der Waals surface area contributed by atoms with Crippen LogP contribution in [0.1, 0.15) is 17.3 Å². The Kier molecular flexibility index (Phi) is 5.77. The predicted octanol–water partition coefficient (Wildman–Crippen LogP) is 2.67. The van der Waals surface area contributed by atoms with Crippen LogP contribution in [-0.2, 0) is 4.79 Å². The maximum atomic E-state index is 10.9. The Morgan fingerprint density at radius 2 is 1.40 bits per heavy atom. The number of aliphatic carboxylic acids is 1. The molecule has 0 aliphatic heterocycles. The summed E-state index contributed by atoms with van der Waals surface area (Å²) in [4.78, 5) is 19.9. The molecule has 0 aliphatic carbocycles. The van der Waals surface area contributed by atoms with Crippen molar-refractivity contribution in [3.8, 4) is 11.5 Å². The van der Waals surface area contributed by atoms with E-state index in [1.54, 1.807) is 24.3 Å². The molecule has 104 valence electrons. The first kappa shape index (κ1) is 15.2. The SMILES string of the molecule is CC(=O)O.NC(=O)c1ccc(Oc2ccccc2)cc1. The van der Waals surface area contributed by atoms with Gasteiger partial charge in [0.05, 0.1) is 0 Å². The number of primary amides is 1. The van der Waals surface area contributed by atoms with Gasteiger partial charge in [-0.3, -0.25) is 9.59 Å². The first-order valence-corrected chi connectivity index (χ1v) is 5.81. The van der Waals surface area contributed by atoms with Crippen molar-refractivity contribution >= 4 is 11.9 Å². The molecule has 0 radical (unpaired) electrons. The van der Waals surface area contributed by atoms with E-state index >= 15 is 0 Å². The molecule has 3 N–H and O–H groups in total. The van der Waals surface area contributed by atoms with Gasteiger partial charge in [-0.05, 0) is 36.4 Å². The third kappa shape index (κ3) is 5.68. The molecule has 2 aromatic carbocycles. The van der Waals surface area contributed by atoms with Gasteiger partial charge in [-0.25, -0.2) is 0 Å². The van der Waals surface area contributed by atoms with E-state index in [0.717, 1.165) is 12.7 Å². The maximum absolute atomic E-state index is 10.9. The van der Waals surface area contributed by atoms with Crippen molar-refractivity contribution in [1.29, 1.82) is 0 Å². The van der Waals surface area contributed by atoms with Gasteiger partial charge in [0.1, 0.15) is 11.5 Å². The van der Waals surface area contributed by atoms with Crippen LogP contribution in [0.5, 0.6) is 11.5 Å². The lowest BCUT2D eigenvalue weighted by Crippen LogP contribution is -2.10. The average Bonchev–Trinajstić information content (AvgIpc) is 2.40. The Morgan fingerprint density at radius 3 is 1.85 bits per heavy atom. The van der Waals surface area contributed by atoms with E-state index in [4.69, 9.17) is 20.4 Å². The molecule has 0 heterocycles. The molecule has 0 aromatic heterocycles. The number of carbonyl (C=O) groups excluding carboxylic acids is 1. The van der Waals surface area contributed by atoms with Crippen molar-refractivity contribution in [2.24, 2.45) is 5.73 Å². The molecule has 0 bridgehead atoms. The molecule has 2 rings (SSSR count). The van der Waals surface area contributed by atoms with Gasteiger partial charge in [0.25, 0.3) is 5.97 Å². The van der Waals surface area contributed by atoms with E-state index in [2.05, 4.69) is 0 Å². The average molecular weight is 273 g/mol. The second-order valence-electron chi connectivity index (χ2n) is 3.82.